The molecule has 0 amide bonds. The average Bonchev–Trinajstić information content (AvgIpc) is 2.85. The van der Waals surface area contributed by atoms with Crippen LogP contribution in [0, 0.1) is 0 Å². The number of ether oxygens (including phenoxy) is 9. The van der Waals surface area contributed by atoms with E-state index in [1.165, 1.54) is 26.4 Å². The van der Waals surface area contributed by atoms with Crippen molar-refractivity contribution >= 4 is 5.97 Å². The molecule has 0 aromatic carbocycles. The number of carbonyl (C=O) groups is 1. The maximum atomic E-state index is 10.9. The number of carbonyl (C=O) groups excluding carboxylic acids is 1. The van der Waals surface area contributed by atoms with Crippen LogP contribution in [0.2, 0.25) is 0 Å². The van der Waals surface area contributed by atoms with Gasteiger partial charge in [0.1, 0.15) is 0 Å². The van der Waals surface area contributed by atoms with E-state index in [4.69, 9.17) is 37.9 Å². The highest BCUT2D eigenvalue weighted by molar-refractivity contribution is 5.69. The third-order valence-electron chi connectivity index (χ3n) is 4.42. The van der Waals surface area contributed by atoms with Gasteiger partial charge in [0, 0.05) is 6.61 Å². The SMILES string of the molecule is CCCCCCOCCOCCOCCOCCOCCOCCOCCOCCC(=O)OC. The van der Waals surface area contributed by atoms with E-state index >= 15 is 0 Å². The van der Waals surface area contributed by atoms with Crippen molar-refractivity contribution in [2.45, 2.75) is 39.0 Å². The van der Waals surface area contributed by atoms with Gasteiger partial charge in [-0.1, -0.05) is 26.2 Å². The Morgan fingerprint density at radius 1 is 0.441 bits per heavy atom. The summed E-state index contributed by atoms with van der Waals surface area (Å²) < 4.78 is 47.8. The van der Waals surface area contributed by atoms with Gasteiger partial charge in [0.25, 0.3) is 0 Å². The van der Waals surface area contributed by atoms with Gasteiger partial charge in [0.15, 0.2) is 0 Å². The Bertz CT molecular complexity index is 398. The van der Waals surface area contributed by atoms with E-state index in [1.807, 2.05) is 0 Å². The van der Waals surface area contributed by atoms with Crippen molar-refractivity contribution in [3.8, 4) is 0 Å². The fraction of sp³-hybridized carbons (Fsp3) is 0.958. The lowest BCUT2D eigenvalue weighted by Gasteiger charge is -2.08. The summed E-state index contributed by atoms with van der Waals surface area (Å²) in [6.45, 7) is 10.7. The van der Waals surface area contributed by atoms with E-state index < -0.39 is 0 Å². The Balaban J connectivity index is 3.02. The number of unbranched alkanes of at least 4 members (excludes halogenated alkanes) is 3. The zero-order chi connectivity index (χ0) is 24.8. The Morgan fingerprint density at radius 3 is 1.09 bits per heavy atom. The standard InChI is InChI=1S/C24H48O10/c1-3-4-5-6-8-27-10-12-29-14-16-31-18-20-33-22-23-34-21-19-32-17-15-30-13-11-28-9-7-24(25)26-2/h3-23H2,1-2H3. The molecule has 0 aromatic heterocycles. The number of rotatable bonds is 29. The minimum Gasteiger partial charge on any atom is -0.469 e. The quantitative estimate of drug-likeness (QED) is 0.113. The van der Waals surface area contributed by atoms with Crippen molar-refractivity contribution in [1.29, 1.82) is 0 Å². The first-order valence-corrected chi connectivity index (χ1v) is 12.5. The minimum atomic E-state index is -0.279. The highest BCUT2D eigenvalue weighted by atomic mass is 16.6. The van der Waals surface area contributed by atoms with Crippen molar-refractivity contribution < 1.29 is 47.4 Å². The molecular weight excluding hydrogens is 448 g/mol. The van der Waals surface area contributed by atoms with Gasteiger partial charge in [-0.3, -0.25) is 4.79 Å². The lowest BCUT2D eigenvalue weighted by molar-refractivity contribution is -0.141. The zero-order valence-electron chi connectivity index (χ0n) is 21.4. The number of hydrogen-bond acceptors (Lipinski definition) is 10. The summed E-state index contributed by atoms with van der Waals surface area (Å²) in [5.41, 5.74) is 0. The molecule has 0 spiro atoms. The van der Waals surface area contributed by atoms with Crippen molar-refractivity contribution in [3.05, 3.63) is 0 Å². The Labute approximate surface area is 205 Å². The van der Waals surface area contributed by atoms with Crippen LogP contribution in [-0.4, -0.2) is 119 Å². The Hall–Kier alpha value is -0.850. The molecule has 0 saturated heterocycles. The van der Waals surface area contributed by atoms with Crippen LogP contribution in [0.3, 0.4) is 0 Å². The van der Waals surface area contributed by atoms with E-state index in [0.29, 0.717) is 99.1 Å². The maximum Gasteiger partial charge on any atom is 0.307 e. The Morgan fingerprint density at radius 2 is 0.765 bits per heavy atom. The molecule has 204 valence electrons. The molecule has 0 fully saturated rings. The van der Waals surface area contributed by atoms with E-state index in [9.17, 15) is 4.79 Å². The van der Waals surface area contributed by atoms with Crippen LogP contribution in [0.25, 0.3) is 0 Å². The van der Waals surface area contributed by atoms with Gasteiger partial charge in [0.05, 0.1) is 113 Å². The number of esters is 1. The van der Waals surface area contributed by atoms with E-state index in [0.717, 1.165) is 13.0 Å². The molecule has 0 aliphatic rings. The van der Waals surface area contributed by atoms with Gasteiger partial charge < -0.3 is 42.6 Å². The third kappa shape index (κ3) is 29.2. The topological polar surface area (TPSA) is 100 Å². The second-order valence-corrected chi connectivity index (χ2v) is 7.29. The summed E-state index contributed by atoms with van der Waals surface area (Å²) in [5.74, 6) is -0.279. The second kappa shape index (κ2) is 30.2. The normalized spacial score (nSPS) is 11.2. The van der Waals surface area contributed by atoms with Gasteiger partial charge in [0.2, 0.25) is 0 Å². The molecule has 0 radical (unpaired) electrons. The summed E-state index contributed by atoms with van der Waals surface area (Å²) in [7, 11) is 1.36. The molecular formula is C24H48O10. The minimum absolute atomic E-state index is 0.254. The van der Waals surface area contributed by atoms with Gasteiger partial charge in [-0.05, 0) is 6.42 Å². The monoisotopic (exact) mass is 496 g/mol. The Kier molecular flexibility index (Phi) is 29.4. The molecule has 0 atom stereocenters. The summed E-state index contributed by atoms with van der Waals surface area (Å²) in [6, 6.07) is 0. The second-order valence-electron chi connectivity index (χ2n) is 7.29. The van der Waals surface area contributed by atoms with Crippen molar-refractivity contribution in [1.82, 2.24) is 0 Å². The molecule has 10 nitrogen and oxygen atoms in total. The first-order valence-electron chi connectivity index (χ1n) is 12.5. The fourth-order valence-electron chi connectivity index (χ4n) is 2.53. The van der Waals surface area contributed by atoms with Crippen LogP contribution in [0.1, 0.15) is 39.0 Å². The molecule has 0 unspecified atom stereocenters. The summed E-state index contributed by atoms with van der Waals surface area (Å²) >= 11 is 0. The van der Waals surface area contributed by atoms with Crippen molar-refractivity contribution in [2.75, 3.05) is 113 Å². The maximum absolute atomic E-state index is 10.9. The van der Waals surface area contributed by atoms with Crippen LogP contribution in [0.15, 0.2) is 0 Å². The van der Waals surface area contributed by atoms with Gasteiger partial charge in [-0.25, -0.2) is 0 Å². The van der Waals surface area contributed by atoms with E-state index in [1.54, 1.807) is 0 Å². The highest BCUT2D eigenvalue weighted by Crippen LogP contribution is 1.98. The molecule has 0 aromatic rings. The first kappa shape index (κ1) is 33.1. The van der Waals surface area contributed by atoms with E-state index in [2.05, 4.69) is 11.7 Å². The molecule has 0 aliphatic heterocycles. The summed E-state index contributed by atoms with van der Waals surface area (Å²) in [4.78, 5) is 10.9. The number of methoxy groups -OCH3 is 1. The molecule has 34 heavy (non-hydrogen) atoms. The van der Waals surface area contributed by atoms with E-state index in [-0.39, 0.29) is 12.4 Å². The predicted octanol–water partition coefficient (Wildman–Crippen LogP) is 2.26. The molecule has 0 bridgehead atoms. The highest BCUT2D eigenvalue weighted by Gasteiger charge is 1.99. The van der Waals surface area contributed by atoms with Gasteiger partial charge in [-0.15, -0.1) is 0 Å². The van der Waals surface area contributed by atoms with Crippen molar-refractivity contribution in [3.63, 3.8) is 0 Å². The van der Waals surface area contributed by atoms with Crippen LogP contribution in [0.5, 0.6) is 0 Å². The van der Waals surface area contributed by atoms with Crippen LogP contribution >= 0.6 is 0 Å². The molecule has 0 N–H and O–H groups in total. The zero-order valence-corrected chi connectivity index (χ0v) is 21.4. The third-order valence-corrected chi connectivity index (χ3v) is 4.42. The molecule has 0 rings (SSSR count). The fourth-order valence-corrected chi connectivity index (χ4v) is 2.53. The predicted molar refractivity (Wildman–Crippen MR) is 127 cm³/mol. The van der Waals surface area contributed by atoms with Crippen LogP contribution in [0.4, 0.5) is 0 Å². The summed E-state index contributed by atoms with van der Waals surface area (Å²) in [6.07, 6.45) is 5.15. The molecule has 0 saturated carbocycles. The van der Waals surface area contributed by atoms with Gasteiger partial charge >= 0.3 is 5.97 Å². The molecule has 0 aliphatic carbocycles. The number of hydrogen-bond donors (Lipinski definition) is 0. The van der Waals surface area contributed by atoms with Crippen molar-refractivity contribution in [2.24, 2.45) is 0 Å². The lowest BCUT2D eigenvalue weighted by atomic mass is 10.2. The average molecular weight is 497 g/mol. The lowest BCUT2D eigenvalue weighted by Crippen LogP contribution is -2.15. The smallest absolute Gasteiger partial charge is 0.307 e. The molecule has 0 heterocycles. The molecule has 10 heteroatoms. The van der Waals surface area contributed by atoms with Gasteiger partial charge in [-0.2, -0.15) is 0 Å². The summed E-state index contributed by atoms with van der Waals surface area (Å²) in [5, 5.41) is 0. The van der Waals surface area contributed by atoms with Crippen LogP contribution < -0.4 is 0 Å². The van der Waals surface area contributed by atoms with Crippen LogP contribution in [-0.2, 0) is 47.4 Å². The first-order chi connectivity index (χ1) is 16.8. The largest absolute Gasteiger partial charge is 0.469 e.